The molecule has 1 heterocycles. The van der Waals surface area contributed by atoms with Crippen molar-refractivity contribution in [1.82, 2.24) is 9.80 Å². The number of carboxylic acid groups (broad SMARTS) is 1. The second-order valence-corrected chi connectivity index (χ2v) is 6.14. The van der Waals surface area contributed by atoms with Crippen LogP contribution >= 0.6 is 0 Å². The van der Waals surface area contributed by atoms with Crippen LogP contribution in [0.3, 0.4) is 0 Å². The van der Waals surface area contributed by atoms with E-state index < -0.39 is 5.97 Å². The van der Waals surface area contributed by atoms with Crippen LogP contribution in [0, 0.1) is 5.92 Å². The van der Waals surface area contributed by atoms with Crippen molar-refractivity contribution in [3.63, 3.8) is 0 Å². The highest BCUT2D eigenvalue weighted by Gasteiger charge is 2.30. The van der Waals surface area contributed by atoms with Crippen molar-refractivity contribution in [2.24, 2.45) is 5.92 Å². The summed E-state index contributed by atoms with van der Waals surface area (Å²) in [5, 5.41) is 9.06. The predicted octanol–water partition coefficient (Wildman–Crippen LogP) is 0.721. The molecule has 1 aromatic carbocycles. The van der Waals surface area contributed by atoms with Crippen LogP contribution in [0.15, 0.2) is 18.2 Å². The van der Waals surface area contributed by atoms with Gasteiger partial charge in [-0.3, -0.25) is 9.59 Å². The van der Waals surface area contributed by atoms with E-state index in [1.165, 1.54) is 4.90 Å². The van der Waals surface area contributed by atoms with E-state index in [4.69, 9.17) is 14.6 Å². The van der Waals surface area contributed by atoms with Crippen LogP contribution in [-0.2, 0) is 16.0 Å². The fourth-order valence-electron chi connectivity index (χ4n) is 2.65. The molecule has 1 atom stereocenters. The summed E-state index contributed by atoms with van der Waals surface area (Å²) in [6.45, 7) is 0.945. The second-order valence-electron chi connectivity index (χ2n) is 6.14. The number of nitrogens with zero attached hydrogens (tertiary/aromatic N) is 2. The molecular formula is C17H24N2O5. The first-order valence-corrected chi connectivity index (χ1v) is 7.85. The Balaban J connectivity index is 2.07. The fraction of sp³-hybridized carbons (Fsp3) is 0.529. The molecule has 0 bridgehead atoms. The molecule has 1 N–H and O–H groups in total. The highest BCUT2D eigenvalue weighted by molar-refractivity contribution is 5.83. The third-order valence-corrected chi connectivity index (χ3v) is 3.98. The number of carboxylic acids is 1. The molecule has 0 radical (unpaired) electrons. The number of likely N-dealkylation sites (N-methyl/N-ethyl adjacent to an activating group) is 1. The van der Waals surface area contributed by atoms with Crippen LogP contribution in [0.25, 0.3) is 0 Å². The van der Waals surface area contributed by atoms with Gasteiger partial charge in [0.05, 0.1) is 13.0 Å². The summed E-state index contributed by atoms with van der Waals surface area (Å²) in [6, 6.07) is 5.52. The van der Waals surface area contributed by atoms with Gasteiger partial charge in [0, 0.05) is 19.2 Å². The Hall–Kier alpha value is -2.28. The first-order chi connectivity index (χ1) is 11.4. The van der Waals surface area contributed by atoms with Gasteiger partial charge >= 0.3 is 5.97 Å². The number of carbonyl (C=O) groups is 2. The van der Waals surface area contributed by atoms with Crippen molar-refractivity contribution >= 4 is 11.9 Å². The zero-order chi connectivity index (χ0) is 17.7. The Kier molecular flexibility index (Phi) is 6.03. The molecule has 0 aromatic heterocycles. The molecule has 1 aliphatic rings. The zero-order valence-electron chi connectivity index (χ0n) is 14.3. The molecule has 0 saturated heterocycles. The molecule has 0 aliphatic carbocycles. The maximum absolute atomic E-state index is 12.7. The van der Waals surface area contributed by atoms with E-state index in [0.29, 0.717) is 25.3 Å². The number of hydrogen-bond donors (Lipinski definition) is 1. The van der Waals surface area contributed by atoms with E-state index in [0.717, 1.165) is 11.3 Å². The summed E-state index contributed by atoms with van der Waals surface area (Å²) >= 11 is 0. The minimum atomic E-state index is -1.01. The Labute approximate surface area is 141 Å². The summed E-state index contributed by atoms with van der Waals surface area (Å²) in [5.41, 5.74) is 0.934. The molecule has 2 rings (SSSR count). The summed E-state index contributed by atoms with van der Waals surface area (Å²) in [7, 11) is 5.36. The number of aliphatic carboxylic acids is 1. The molecule has 0 spiro atoms. The lowest BCUT2D eigenvalue weighted by Gasteiger charge is -2.30. The van der Waals surface area contributed by atoms with Crippen LogP contribution in [0.2, 0.25) is 0 Å². The van der Waals surface area contributed by atoms with Crippen molar-refractivity contribution in [2.75, 3.05) is 47.4 Å². The lowest BCUT2D eigenvalue weighted by atomic mass is 9.95. The minimum Gasteiger partial charge on any atom is -0.497 e. The molecule has 1 unspecified atom stereocenters. The average molecular weight is 336 g/mol. The molecule has 1 aromatic rings. The molecule has 0 fully saturated rings. The molecule has 1 aliphatic heterocycles. The number of carbonyl (C=O) groups excluding carboxylic acids is 1. The monoisotopic (exact) mass is 336 g/mol. The maximum Gasteiger partial charge on any atom is 0.323 e. The van der Waals surface area contributed by atoms with E-state index in [-0.39, 0.29) is 25.0 Å². The zero-order valence-corrected chi connectivity index (χ0v) is 14.3. The van der Waals surface area contributed by atoms with Gasteiger partial charge < -0.3 is 24.4 Å². The van der Waals surface area contributed by atoms with E-state index in [1.54, 1.807) is 13.2 Å². The van der Waals surface area contributed by atoms with E-state index in [2.05, 4.69) is 0 Å². The largest absolute Gasteiger partial charge is 0.497 e. The summed E-state index contributed by atoms with van der Waals surface area (Å²) in [5.74, 6) is -0.134. The number of ether oxygens (including phenoxy) is 2. The van der Waals surface area contributed by atoms with E-state index in [9.17, 15) is 9.59 Å². The van der Waals surface area contributed by atoms with Gasteiger partial charge in [-0.05, 0) is 32.1 Å². The predicted molar refractivity (Wildman–Crippen MR) is 88.5 cm³/mol. The highest BCUT2D eigenvalue weighted by Crippen LogP contribution is 2.31. The molecule has 7 heteroatoms. The van der Waals surface area contributed by atoms with Gasteiger partial charge in [-0.25, -0.2) is 0 Å². The standard InChI is InChI=1S/C17H24N2O5/c1-18(2)6-7-19(10-16(20)21)17(22)13-8-12-4-5-14(23-3)9-15(12)24-11-13/h4-5,9,13H,6-8,10-11H2,1-3H3,(H,20,21). The van der Waals surface area contributed by atoms with Crippen molar-refractivity contribution in [3.8, 4) is 11.5 Å². The summed E-state index contributed by atoms with van der Waals surface area (Å²) in [4.78, 5) is 27.1. The highest BCUT2D eigenvalue weighted by atomic mass is 16.5. The quantitative estimate of drug-likeness (QED) is 0.790. The first kappa shape index (κ1) is 18.1. The van der Waals surface area contributed by atoms with E-state index in [1.807, 2.05) is 31.1 Å². The number of rotatable bonds is 7. The molecule has 0 saturated carbocycles. The van der Waals surface area contributed by atoms with Crippen molar-refractivity contribution < 1.29 is 24.2 Å². The van der Waals surface area contributed by atoms with Crippen molar-refractivity contribution in [2.45, 2.75) is 6.42 Å². The number of methoxy groups -OCH3 is 1. The van der Waals surface area contributed by atoms with Crippen LogP contribution in [0.4, 0.5) is 0 Å². The molecule has 24 heavy (non-hydrogen) atoms. The SMILES string of the molecule is COc1ccc2c(c1)OCC(C(=O)N(CCN(C)C)CC(=O)O)C2. The Morgan fingerprint density at radius 2 is 2.08 bits per heavy atom. The lowest BCUT2D eigenvalue weighted by molar-refractivity contribution is -0.147. The topological polar surface area (TPSA) is 79.3 Å². The third-order valence-electron chi connectivity index (χ3n) is 3.98. The van der Waals surface area contributed by atoms with Crippen LogP contribution in [0.1, 0.15) is 5.56 Å². The number of amides is 1. The number of benzene rings is 1. The van der Waals surface area contributed by atoms with Crippen LogP contribution < -0.4 is 9.47 Å². The summed E-state index contributed by atoms with van der Waals surface area (Å²) in [6.07, 6.45) is 0.538. The minimum absolute atomic E-state index is 0.180. The van der Waals surface area contributed by atoms with Crippen LogP contribution in [0.5, 0.6) is 11.5 Å². The third kappa shape index (κ3) is 4.61. The second kappa shape index (κ2) is 8.01. The van der Waals surface area contributed by atoms with Crippen LogP contribution in [-0.4, -0.2) is 74.2 Å². The van der Waals surface area contributed by atoms with Gasteiger partial charge in [0.15, 0.2) is 0 Å². The maximum atomic E-state index is 12.7. The number of fused-ring (bicyclic) bond motifs is 1. The summed E-state index contributed by atoms with van der Waals surface area (Å²) < 4.78 is 10.9. The van der Waals surface area contributed by atoms with Gasteiger partial charge in [-0.1, -0.05) is 6.07 Å². The Morgan fingerprint density at radius 1 is 1.33 bits per heavy atom. The molecule has 7 nitrogen and oxygen atoms in total. The first-order valence-electron chi connectivity index (χ1n) is 7.85. The lowest BCUT2D eigenvalue weighted by Crippen LogP contribution is -2.45. The van der Waals surface area contributed by atoms with E-state index >= 15 is 0 Å². The Morgan fingerprint density at radius 3 is 2.71 bits per heavy atom. The van der Waals surface area contributed by atoms with Gasteiger partial charge in [0.25, 0.3) is 0 Å². The Bertz CT molecular complexity index is 603. The van der Waals surface area contributed by atoms with Gasteiger partial charge in [0.2, 0.25) is 5.91 Å². The molecule has 1 amide bonds. The molecular weight excluding hydrogens is 312 g/mol. The van der Waals surface area contributed by atoms with Gasteiger partial charge in [0.1, 0.15) is 24.7 Å². The number of hydrogen-bond acceptors (Lipinski definition) is 5. The average Bonchev–Trinajstić information content (AvgIpc) is 2.56. The van der Waals surface area contributed by atoms with Crippen molar-refractivity contribution in [1.29, 1.82) is 0 Å². The smallest absolute Gasteiger partial charge is 0.323 e. The van der Waals surface area contributed by atoms with Gasteiger partial charge in [-0.15, -0.1) is 0 Å². The van der Waals surface area contributed by atoms with Gasteiger partial charge in [-0.2, -0.15) is 0 Å². The fourth-order valence-corrected chi connectivity index (χ4v) is 2.65. The molecule has 132 valence electrons. The normalized spacial score (nSPS) is 16.2. The van der Waals surface area contributed by atoms with Crippen molar-refractivity contribution in [3.05, 3.63) is 23.8 Å².